The first-order chi connectivity index (χ1) is 12.0. The summed E-state index contributed by atoms with van der Waals surface area (Å²) in [4.78, 5) is 11.8. The molecule has 2 N–H and O–H groups in total. The van der Waals surface area contributed by atoms with E-state index in [9.17, 15) is 13.2 Å². The van der Waals surface area contributed by atoms with Gasteiger partial charge in [0.25, 0.3) is 5.91 Å². The molecule has 1 amide bonds. The zero-order chi connectivity index (χ0) is 18.1. The van der Waals surface area contributed by atoms with Crippen molar-refractivity contribution in [3.63, 3.8) is 0 Å². The van der Waals surface area contributed by atoms with Gasteiger partial charge in [0, 0.05) is 0 Å². The minimum absolute atomic E-state index is 0.105. The highest BCUT2D eigenvalue weighted by molar-refractivity contribution is 7.89. The Morgan fingerprint density at radius 3 is 2.28 bits per heavy atom. The summed E-state index contributed by atoms with van der Waals surface area (Å²) in [5.41, 5.74) is 4.15. The van der Waals surface area contributed by atoms with Gasteiger partial charge in [0.2, 0.25) is 10.0 Å². The molecule has 25 heavy (non-hydrogen) atoms. The maximum Gasteiger partial charge on any atom is 0.255 e. The summed E-state index contributed by atoms with van der Waals surface area (Å²) in [6.07, 6.45) is 3.41. The van der Waals surface area contributed by atoms with Crippen molar-refractivity contribution in [3.05, 3.63) is 71.8 Å². The number of sulfonamides is 1. The molecular formula is C18H19N3O3S. The Labute approximate surface area is 147 Å². The number of allylic oxidation sites excluding steroid dienone is 1. The molecule has 2 rings (SSSR count). The number of amides is 1. The van der Waals surface area contributed by atoms with Crippen LogP contribution in [0, 0.1) is 0 Å². The van der Waals surface area contributed by atoms with Gasteiger partial charge in [-0.25, -0.2) is 18.6 Å². The van der Waals surface area contributed by atoms with Crippen LogP contribution in [0.5, 0.6) is 0 Å². The fourth-order valence-corrected chi connectivity index (χ4v) is 2.94. The Kier molecular flexibility index (Phi) is 6.62. The third-order valence-electron chi connectivity index (χ3n) is 3.13. The van der Waals surface area contributed by atoms with E-state index in [1.54, 1.807) is 18.2 Å². The lowest BCUT2D eigenvalue weighted by molar-refractivity contribution is -0.119. The van der Waals surface area contributed by atoms with Gasteiger partial charge in [0.1, 0.15) is 0 Å². The minimum atomic E-state index is -3.71. The standard InChI is InChI=1S/C18H19N3O3S/c1-15(12-16-8-4-2-5-9-16)13-19-21-18(22)14-20-25(23,24)17-10-6-3-7-11-17/h2-13,20H,14H2,1H3,(H,21,22)/b15-12-,19-13+. The Morgan fingerprint density at radius 1 is 1.04 bits per heavy atom. The Balaban J connectivity index is 1.83. The fraction of sp³-hybridized carbons (Fsp3) is 0.111. The maximum atomic E-state index is 12.0. The van der Waals surface area contributed by atoms with E-state index in [0.29, 0.717) is 0 Å². The Hall–Kier alpha value is -2.77. The number of carbonyl (C=O) groups excluding carboxylic acids is 1. The number of hydrogen-bond donors (Lipinski definition) is 2. The molecule has 2 aromatic rings. The van der Waals surface area contributed by atoms with Gasteiger partial charge in [-0.3, -0.25) is 4.79 Å². The third-order valence-corrected chi connectivity index (χ3v) is 4.54. The summed E-state index contributed by atoms with van der Waals surface area (Å²) in [5.74, 6) is -0.553. The first-order valence-electron chi connectivity index (χ1n) is 7.57. The largest absolute Gasteiger partial charge is 0.272 e. The quantitative estimate of drug-likeness (QED) is 0.588. The second kappa shape index (κ2) is 8.91. The molecule has 7 heteroatoms. The zero-order valence-corrected chi connectivity index (χ0v) is 14.5. The summed E-state index contributed by atoms with van der Waals surface area (Å²) in [7, 11) is -3.71. The smallest absolute Gasteiger partial charge is 0.255 e. The molecule has 0 aliphatic carbocycles. The number of hydrazone groups is 1. The van der Waals surface area contributed by atoms with Gasteiger partial charge < -0.3 is 0 Å². The molecule has 0 radical (unpaired) electrons. The van der Waals surface area contributed by atoms with Crippen molar-refractivity contribution >= 4 is 28.2 Å². The van der Waals surface area contributed by atoms with Crippen LogP contribution < -0.4 is 10.1 Å². The van der Waals surface area contributed by atoms with Gasteiger partial charge in [-0.2, -0.15) is 5.10 Å². The molecule has 0 aromatic heterocycles. The van der Waals surface area contributed by atoms with E-state index in [1.807, 2.05) is 43.3 Å². The molecule has 0 aliphatic rings. The highest BCUT2D eigenvalue weighted by Crippen LogP contribution is 2.06. The molecule has 0 heterocycles. The predicted octanol–water partition coefficient (Wildman–Crippen LogP) is 2.17. The molecule has 0 saturated heterocycles. The summed E-state index contributed by atoms with van der Waals surface area (Å²) in [5, 5.41) is 3.81. The molecule has 0 aliphatic heterocycles. The number of nitrogens with zero attached hydrogens (tertiary/aromatic N) is 1. The lowest BCUT2D eigenvalue weighted by atomic mass is 10.1. The van der Waals surface area contributed by atoms with Gasteiger partial charge in [-0.1, -0.05) is 54.6 Å². The average Bonchev–Trinajstić information content (AvgIpc) is 2.62. The lowest BCUT2D eigenvalue weighted by Crippen LogP contribution is -2.34. The molecule has 0 fully saturated rings. The van der Waals surface area contributed by atoms with Crippen LogP contribution in [0.1, 0.15) is 12.5 Å². The molecule has 0 bridgehead atoms. The topological polar surface area (TPSA) is 87.6 Å². The average molecular weight is 357 g/mol. The van der Waals surface area contributed by atoms with Crippen LogP contribution in [0.2, 0.25) is 0 Å². The second-order valence-electron chi connectivity index (χ2n) is 5.23. The molecular weight excluding hydrogens is 338 g/mol. The monoisotopic (exact) mass is 357 g/mol. The van der Waals surface area contributed by atoms with Crippen LogP contribution in [0.15, 0.2) is 76.2 Å². The normalized spacial score (nSPS) is 12.3. The lowest BCUT2D eigenvalue weighted by Gasteiger charge is -2.05. The van der Waals surface area contributed by atoms with Crippen molar-refractivity contribution < 1.29 is 13.2 Å². The van der Waals surface area contributed by atoms with E-state index in [-0.39, 0.29) is 4.90 Å². The Bertz CT molecular complexity index is 861. The van der Waals surface area contributed by atoms with E-state index in [0.717, 1.165) is 11.1 Å². The van der Waals surface area contributed by atoms with E-state index in [1.165, 1.54) is 18.3 Å². The van der Waals surface area contributed by atoms with Crippen LogP contribution in [-0.2, 0) is 14.8 Å². The third kappa shape index (κ3) is 6.33. The van der Waals surface area contributed by atoms with Crippen molar-refractivity contribution in [2.45, 2.75) is 11.8 Å². The summed E-state index contributed by atoms with van der Waals surface area (Å²) in [6, 6.07) is 17.5. The van der Waals surface area contributed by atoms with Gasteiger partial charge in [-0.15, -0.1) is 0 Å². The number of benzene rings is 2. The van der Waals surface area contributed by atoms with Gasteiger partial charge in [-0.05, 0) is 30.2 Å². The van der Waals surface area contributed by atoms with Crippen LogP contribution in [0.3, 0.4) is 0 Å². The molecule has 0 atom stereocenters. The number of rotatable bonds is 7. The molecule has 130 valence electrons. The highest BCUT2D eigenvalue weighted by Gasteiger charge is 2.14. The van der Waals surface area contributed by atoms with Crippen molar-refractivity contribution in [1.29, 1.82) is 0 Å². The SMILES string of the molecule is CC(=C/c1ccccc1)/C=N/NC(=O)CNS(=O)(=O)c1ccccc1. The number of nitrogens with one attached hydrogen (secondary N) is 2. The van der Waals surface area contributed by atoms with E-state index >= 15 is 0 Å². The van der Waals surface area contributed by atoms with Crippen molar-refractivity contribution in [1.82, 2.24) is 10.1 Å². The summed E-state index contributed by atoms with van der Waals surface area (Å²) in [6.45, 7) is 1.46. The predicted molar refractivity (Wildman–Crippen MR) is 98.4 cm³/mol. The maximum absolute atomic E-state index is 12.0. The van der Waals surface area contributed by atoms with Crippen LogP contribution >= 0.6 is 0 Å². The molecule has 2 aromatic carbocycles. The molecule has 0 saturated carbocycles. The number of carbonyl (C=O) groups is 1. The first kappa shape index (κ1) is 18.6. The minimum Gasteiger partial charge on any atom is -0.272 e. The highest BCUT2D eigenvalue weighted by atomic mass is 32.2. The first-order valence-corrected chi connectivity index (χ1v) is 9.06. The zero-order valence-electron chi connectivity index (χ0n) is 13.7. The van der Waals surface area contributed by atoms with Gasteiger partial charge >= 0.3 is 0 Å². The molecule has 0 spiro atoms. The van der Waals surface area contributed by atoms with Crippen LogP contribution in [0.4, 0.5) is 0 Å². The summed E-state index contributed by atoms with van der Waals surface area (Å²) < 4.78 is 26.2. The van der Waals surface area contributed by atoms with E-state index < -0.39 is 22.5 Å². The number of hydrogen-bond acceptors (Lipinski definition) is 4. The van der Waals surface area contributed by atoms with Gasteiger partial charge in [0.15, 0.2) is 0 Å². The molecule has 6 nitrogen and oxygen atoms in total. The van der Waals surface area contributed by atoms with Crippen molar-refractivity contribution in [3.8, 4) is 0 Å². The second-order valence-corrected chi connectivity index (χ2v) is 7.00. The Morgan fingerprint density at radius 2 is 1.64 bits per heavy atom. The van der Waals surface area contributed by atoms with Gasteiger partial charge in [0.05, 0.1) is 17.7 Å². The van der Waals surface area contributed by atoms with E-state index in [4.69, 9.17) is 0 Å². The van der Waals surface area contributed by atoms with Crippen LogP contribution in [0.25, 0.3) is 6.08 Å². The summed E-state index contributed by atoms with van der Waals surface area (Å²) >= 11 is 0. The van der Waals surface area contributed by atoms with Crippen LogP contribution in [-0.4, -0.2) is 27.1 Å². The van der Waals surface area contributed by atoms with E-state index in [2.05, 4.69) is 15.2 Å². The molecule has 0 unspecified atom stereocenters. The fourth-order valence-electron chi connectivity index (χ4n) is 1.94. The van der Waals surface area contributed by atoms with Crippen molar-refractivity contribution in [2.75, 3.05) is 6.54 Å². The van der Waals surface area contributed by atoms with Crippen molar-refractivity contribution in [2.24, 2.45) is 5.10 Å².